The third kappa shape index (κ3) is 0.938. The summed E-state index contributed by atoms with van der Waals surface area (Å²) >= 11 is 0. The number of ether oxygens (including phenoxy) is 1. The first-order valence-electron chi connectivity index (χ1n) is 6.13. The Kier molecular flexibility index (Phi) is 1.65. The van der Waals surface area contributed by atoms with Gasteiger partial charge in [0.15, 0.2) is 0 Å². The minimum atomic E-state index is 0.0685. The number of benzene rings is 1. The number of fused-ring (bicyclic) bond motifs is 8. The molecular weight excluding hydrogens is 200 g/mol. The molecule has 2 heterocycles. The van der Waals surface area contributed by atoms with Gasteiger partial charge in [-0.05, 0) is 24.0 Å². The van der Waals surface area contributed by atoms with Gasteiger partial charge < -0.3 is 4.74 Å². The topological polar surface area (TPSA) is 26.3 Å². The first-order chi connectivity index (χ1) is 7.86. The lowest BCUT2D eigenvalue weighted by atomic mass is 9.68. The lowest BCUT2D eigenvalue weighted by molar-refractivity contribution is -0.127. The Morgan fingerprint density at radius 2 is 1.88 bits per heavy atom. The van der Waals surface area contributed by atoms with Crippen molar-refractivity contribution in [1.29, 1.82) is 0 Å². The molecule has 2 nitrogen and oxygen atoms in total. The van der Waals surface area contributed by atoms with Gasteiger partial charge in [-0.3, -0.25) is 4.79 Å². The largest absolute Gasteiger partial charge is 0.364 e. The second-order valence-electron chi connectivity index (χ2n) is 5.15. The number of Topliss-reactive ketones (excluding diaryl/α,β-unsaturated/α-hetero) is 1. The van der Waals surface area contributed by atoms with E-state index in [4.69, 9.17) is 4.74 Å². The van der Waals surface area contributed by atoms with E-state index in [-0.39, 0.29) is 18.1 Å². The summed E-state index contributed by atoms with van der Waals surface area (Å²) < 4.78 is 6.04. The average molecular weight is 214 g/mol. The van der Waals surface area contributed by atoms with Gasteiger partial charge in [0.2, 0.25) is 0 Å². The Hall–Kier alpha value is -1.15. The fourth-order valence-electron chi connectivity index (χ4n) is 3.77. The van der Waals surface area contributed by atoms with Crippen LogP contribution >= 0.6 is 0 Å². The van der Waals surface area contributed by atoms with Crippen LogP contribution in [0.3, 0.4) is 0 Å². The molecule has 3 aliphatic rings. The van der Waals surface area contributed by atoms with E-state index in [1.54, 1.807) is 0 Å². The Balaban J connectivity index is 1.85. The Morgan fingerprint density at radius 3 is 2.69 bits per heavy atom. The van der Waals surface area contributed by atoms with Gasteiger partial charge in [-0.1, -0.05) is 24.3 Å². The van der Waals surface area contributed by atoms with E-state index in [0.717, 1.165) is 19.3 Å². The third-order valence-corrected chi connectivity index (χ3v) is 4.41. The minimum absolute atomic E-state index is 0.0685. The van der Waals surface area contributed by atoms with Gasteiger partial charge >= 0.3 is 0 Å². The molecule has 1 saturated carbocycles. The van der Waals surface area contributed by atoms with Crippen molar-refractivity contribution < 1.29 is 9.53 Å². The van der Waals surface area contributed by atoms with Crippen LogP contribution in [0.1, 0.15) is 42.6 Å². The highest BCUT2D eigenvalue weighted by atomic mass is 16.5. The highest BCUT2D eigenvalue weighted by molar-refractivity contribution is 5.84. The third-order valence-electron chi connectivity index (χ3n) is 4.41. The van der Waals surface area contributed by atoms with E-state index in [0.29, 0.717) is 11.7 Å². The second kappa shape index (κ2) is 2.95. The zero-order chi connectivity index (χ0) is 10.7. The molecule has 0 N–H and O–H groups in total. The van der Waals surface area contributed by atoms with Gasteiger partial charge in [-0.2, -0.15) is 0 Å². The van der Waals surface area contributed by atoms with Crippen molar-refractivity contribution in [2.45, 2.75) is 31.5 Å². The minimum Gasteiger partial charge on any atom is -0.364 e. The lowest BCUT2D eigenvalue weighted by Gasteiger charge is -2.31. The molecule has 0 amide bonds. The predicted molar refractivity (Wildman–Crippen MR) is 58.8 cm³/mol. The number of ketones is 1. The summed E-state index contributed by atoms with van der Waals surface area (Å²) in [5.41, 5.74) is 2.60. The normalized spacial score (nSPS) is 39.6. The molecule has 4 rings (SSSR count). The Labute approximate surface area is 94.6 Å². The van der Waals surface area contributed by atoms with Gasteiger partial charge in [0.25, 0.3) is 0 Å². The number of hydrogen-bond acceptors (Lipinski definition) is 2. The van der Waals surface area contributed by atoms with E-state index >= 15 is 0 Å². The van der Waals surface area contributed by atoms with E-state index < -0.39 is 0 Å². The van der Waals surface area contributed by atoms with Crippen LogP contribution in [-0.4, -0.2) is 5.78 Å². The average Bonchev–Trinajstić information content (AvgIpc) is 2.86. The van der Waals surface area contributed by atoms with Gasteiger partial charge in [-0.25, -0.2) is 0 Å². The highest BCUT2D eigenvalue weighted by Gasteiger charge is 2.55. The molecule has 0 spiro atoms. The zero-order valence-electron chi connectivity index (χ0n) is 9.06. The van der Waals surface area contributed by atoms with Crippen molar-refractivity contribution >= 4 is 5.78 Å². The predicted octanol–water partition coefficient (Wildman–Crippen LogP) is 2.80. The van der Waals surface area contributed by atoms with E-state index in [9.17, 15) is 4.79 Å². The lowest BCUT2D eigenvalue weighted by Crippen LogP contribution is -2.32. The molecular formula is C14H14O2. The standard InChI is InChI=1S/C14H14O2/c15-11-7-3-6-10-12(11)14-9-5-2-1-4-8(9)13(10)16-14/h1-2,4-5,10,12-14H,3,6-7H2/t10-,12-,13-,14+/m1/s1. The van der Waals surface area contributed by atoms with Gasteiger partial charge in [0.1, 0.15) is 5.78 Å². The smallest absolute Gasteiger partial charge is 0.139 e. The zero-order valence-corrected chi connectivity index (χ0v) is 9.06. The summed E-state index contributed by atoms with van der Waals surface area (Å²) in [6.45, 7) is 0. The van der Waals surface area contributed by atoms with Crippen molar-refractivity contribution in [2.24, 2.45) is 11.8 Å². The molecule has 82 valence electrons. The summed E-state index contributed by atoms with van der Waals surface area (Å²) in [6.07, 6.45) is 3.24. The summed E-state index contributed by atoms with van der Waals surface area (Å²) in [6, 6.07) is 8.40. The van der Waals surface area contributed by atoms with Crippen LogP contribution in [0.15, 0.2) is 24.3 Å². The first kappa shape index (κ1) is 8.94. The molecule has 0 unspecified atom stereocenters. The van der Waals surface area contributed by atoms with Crippen molar-refractivity contribution in [3.8, 4) is 0 Å². The van der Waals surface area contributed by atoms with E-state index in [2.05, 4.69) is 18.2 Å². The Morgan fingerprint density at radius 1 is 1.12 bits per heavy atom. The summed E-state index contributed by atoms with van der Waals surface area (Å²) in [5.74, 6) is 1.05. The van der Waals surface area contributed by atoms with Crippen LogP contribution < -0.4 is 0 Å². The van der Waals surface area contributed by atoms with Gasteiger partial charge in [0.05, 0.1) is 18.1 Å². The molecule has 2 heteroatoms. The van der Waals surface area contributed by atoms with Crippen molar-refractivity contribution in [3.05, 3.63) is 35.4 Å². The summed E-state index contributed by atoms with van der Waals surface area (Å²) in [7, 11) is 0. The molecule has 1 aliphatic carbocycles. The fourth-order valence-corrected chi connectivity index (χ4v) is 3.77. The fraction of sp³-hybridized carbons (Fsp3) is 0.500. The van der Waals surface area contributed by atoms with Crippen molar-refractivity contribution in [2.75, 3.05) is 0 Å². The van der Waals surface area contributed by atoms with Gasteiger partial charge in [-0.15, -0.1) is 0 Å². The maximum absolute atomic E-state index is 12.0. The van der Waals surface area contributed by atoms with E-state index in [1.165, 1.54) is 11.1 Å². The van der Waals surface area contributed by atoms with E-state index in [1.807, 2.05) is 6.07 Å². The molecule has 2 bridgehead atoms. The second-order valence-corrected chi connectivity index (χ2v) is 5.15. The van der Waals surface area contributed by atoms with Crippen LogP contribution in [0.4, 0.5) is 0 Å². The number of rotatable bonds is 0. The SMILES string of the molecule is O=C1CCC[C@@H]2[C@H]1[C@H]1O[C@@H]2c2ccccc21. The van der Waals surface area contributed by atoms with Crippen LogP contribution in [0.5, 0.6) is 0 Å². The van der Waals surface area contributed by atoms with Gasteiger partial charge in [0, 0.05) is 12.3 Å². The molecule has 1 saturated heterocycles. The highest BCUT2D eigenvalue weighted by Crippen LogP contribution is 2.60. The molecule has 16 heavy (non-hydrogen) atoms. The molecule has 0 radical (unpaired) electrons. The molecule has 0 aromatic heterocycles. The van der Waals surface area contributed by atoms with Crippen LogP contribution in [0.2, 0.25) is 0 Å². The summed E-state index contributed by atoms with van der Waals surface area (Å²) in [5, 5.41) is 0. The Bertz CT molecular complexity index is 466. The quantitative estimate of drug-likeness (QED) is 0.663. The maximum atomic E-state index is 12.0. The van der Waals surface area contributed by atoms with Crippen LogP contribution in [0, 0.1) is 11.8 Å². The molecule has 2 aliphatic heterocycles. The number of carbonyl (C=O) groups is 1. The summed E-state index contributed by atoms with van der Waals surface area (Å²) in [4.78, 5) is 12.0. The molecule has 4 atom stereocenters. The number of carbonyl (C=O) groups excluding carboxylic acids is 1. The molecule has 1 aromatic rings. The first-order valence-corrected chi connectivity index (χ1v) is 6.13. The maximum Gasteiger partial charge on any atom is 0.139 e. The monoisotopic (exact) mass is 214 g/mol. The van der Waals surface area contributed by atoms with Crippen LogP contribution in [0.25, 0.3) is 0 Å². The van der Waals surface area contributed by atoms with Crippen molar-refractivity contribution in [1.82, 2.24) is 0 Å². The molecule has 2 fully saturated rings. The van der Waals surface area contributed by atoms with Crippen molar-refractivity contribution in [3.63, 3.8) is 0 Å². The molecule has 1 aromatic carbocycles. The number of hydrogen-bond donors (Lipinski definition) is 0. The van der Waals surface area contributed by atoms with Crippen LogP contribution in [-0.2, 0) is 9.53 Å².